The number of benzene rings is 3. The van der Waals surface area contributed by atoms with E-state index in [0.29, 0.717) is 18.6 Å². The lowest BCUT2D eigenvalue weighted by Crippen LogP contribution is -2.29. The molecule has 1 aromatic heterocycles. The van der Waals surface area contributed by atoms with Crippen LogP contribution in [-0.2, 0) is 30.1 Å². The Hall–Kier alpha value is -4.15. The molecule has 0 saturated heterocycles. The van der Waals surface area contributed by atoms with Crippen molar-refractivity contribution in [3.63, 3.8) is 0 Å². The maximum Gasteiger partial charge on any atom is 0.417 e. The van der Waals surface area contributed by atoms with Gasteiger partial charge in [0.1, 0.15) is 29.0 Å². The van der Waals surface area contributed by atoms with Crippen LogP contribution in [0.25, 0.3) is 22.4 Å². The number of rotatable bonds is 7. The summed E-state index contributed by atoms with van der Waals surface area (Å²) in [5, 5.41) is 9.35. The standard InChI is InChI=1S/C30H20F8N2O2S/c1-2-9-43(42)23-11-20(10-21(12-23)29(33,34)35)17-3-5-18(6-4-17)27-14-25(30(36,37)38)24(15-39)28(41)40(27)16-19-7-8-22(31)13-26(19)32/h3-8,10-14H,2,9,16H2,1H3. The maximum absolute atomic E-state index is 14.4. The first-order valence-corrected chi connectivity index (χ1v) is 13.9. The Morgan fingerprint density at radius 1 is 0.860 bits per heavy atom. The molecule has 0 aliphatic carbocycles. The Morgan fingerprint density at radius 2 is 1.51 bits per heavy atom. The molecule has 4 aromatic rings. The van der Waals surface area contributed by atoms with Gasteiger partial charge in [-0.25, -0.2) is 8.78 Å². The van der Waals surface area contributed by atoms with Crippen molar-refractivity contribution in [2.24, 2.45) is 0 Å². The van der Waals surface area contributed by atoms with Crippen molar-refractivity contribution >= 4 is 11.2 Å². The highest BCUT2D eigenvalue weighted by Crippen LogP contribution is 2.37. The molecule has 224 valence electrons. The molecular weight excluding hydrogens is 604 g/mol. The summed E-state index contributed by atoms with van der Waals surface area (Å²) in [6.07, 6.45) is -9.40. The average Bonchev–Trinajstić information content (AvgIpc) is 2.94. The van der Waals surface area contributed by atoms with Gasteiger partial charge in [-0.3, -0.25) is 4.79 Å². The number of hydrogen-bond acceptors (Lipinski definition) is 3. The summed E-state index contributed by atoms with van der Waals surface area (Å²) in [6.45, 7) is 1.07. The lowest BCUT2D eigenvalue weighted by atomic mass is 9.99. The molecule has 0 radical (unpaired) electrons. The number of pyridine rings is 1. The molecule has 0 saturated carbocycles. The molecule has 1 heterocycles. The van der Waals surface area contributed by atoms with Crippen molar-refractivity contribution in [2.75, 3.05) is 5.75 Å². The third-order valence-corrected chi connectivity index (χ3v) is 8.00. The molecule has 1 unspecified atom stereocenters. The van der Waals surface area contributed by atoms with Crippen LogP contribution in [0, 0.1) is 23.0 Å². The Morgan fingerprint density at radius 3 is 2.07 bits per heavy atom. The first-order chi connectivity index (χ1) is 20.1. The molecule has 4 nitrogen and oxygen atoms in total. The van der Waals surface area contributed by atoms with Crippen LogP contribution in [0.4, 0.5) is 35.1 Å². The molecule has 0 amide bonds. The minimum atomic E-state index is -5.11. The molecular formula is C30H20F8N2O2S. The van der Waals surface area contributed by atoms with Crippen molar-refractivity contribution in [2.45, 2.75) is 37.1 Å². The van der Waals surface area contributed by atoms with E-state index in [2.05, 4.69) is 0 Å². The van der Waals surface area contributed by atoms with Gasteiger partial charge in [-0.05, 0) is 52.5 Å². The largest absolute Gasteiger partial charge is 0.611 e. The number of nitrogens with zero attached hydrogens (tertiary/aromatic N) is 2. The van der Waals surface area contributed by atoms with Gasteiger partial charge in [-0.1, -0.05) is 37.3 Å². The molecule has 3 aromatic carbocycles. The summed E-state index contributed by atoms with van der Waals surface area (Å²) in [6, 6.07) is 12.3. The Balaban J connectivity index is 1.89. The highest BCUT2D eigenvalue weighted by molar-refractivity contribution is 7.91. The van der Waals surface area contributed by atoms with Gasteiger partial charge in [0.25, 0.3) is 5.56 Å². The van der Waals surface area contributed by atoms with E-state index in [1.165, 1.54) is 36.4 Å². The Labute approximate surface area is 243 Å². The van der Waals surface area contributed by atoms with Crippen molar-refractivity contribution < 1.29 is 39.7 Å². The fourth-order valence-electron chi connectivity index (χ4n) is 4.39. The third kappa shape index (κ3) is 6.92. The third-order valence-electron chi connectivity index (χ3n) is 6.46. The number of aromatic nitrogens is 1. The first kappa shape index (κ1) is 31.8. The fraction of sp³-hybridized carbons (Fsp3) is 0.200. The van der Waals surface area contributed by atoms with Crippen molar-refractivity contribution in [1.82, 2.24) is 4.57 Å². The van der Waals surface area contributed by atoms with Gasteiger partial charge < -0.3 is 9.12 Å². The van der Waals surface area contributed by atoms with Crippen LogP contribution in [0.3, 0.4) is 0 Å². The van der Waals surface area contributed by atoms with Gasteiger partial charge in [-0.15, -0.1) is 0 Å². The minimum Gasteiger partial charge on any atom is -0.611 e. The van der Waals surface area contributed by atoms with E-state index in [-0.39, 0.29) is 38.6 Å². The lowest BCUT2D eigenvalue weighted by molar-refractivity contribution is -0.138. The second-order valence-electron chi connectivity index (χ2n) is 9.43. The number of nitriles is 1. The number of alkyl halides is 6. The van der Waals surface area contributed by atoms with E-state index in [9.17, 15) is 49.7 Å². The molecule has 43 heavy (non-hydrogen) atoms. The van der Waals surface area contributed by atoms with Crippen LogP contribution in [-0.4, -0.2) is 14.9 Å². The molecule has 0 aliphatic rings. The van der Waals surface area contributed by atoms with Crippen molar-refractivity contribution in [3.8, 4) is 28.5 Å². The van der Waals surface area contributed by atoms with Gasteiger partial charge in [0, 0.05) is 23.8 Å². The Kier molecular flexibility index (Phi) is 9.03. The predicted molar refractivity (Wildman–Crippen MR) is 143 cm³/mol. The van der Waals surface area contributed by atoms with E-state index in [4.69, 9.17) is 0 Å². The van der Waals surface area contributed by atoms with E-state index >= 15 is 0 Å². The fourth-order valence-corrected chi connectivity index (χ4v) is 5.52. The summed E-state index contributed by atoms with van der Waals surface area (Å²) < 4.78 is 123. The van der Waals surface area contributed by atoms with E-state index in [1.807, 2.05) is 0 Å². The van der Waals surface area contributed by atoms with Gasteiger partial charge in [0.15, 0.2) is 4.90 Å². The van der Waals surface area contributed by atoms with Crippen LogP contribution >= 0.6 is 0 Å². The first-order valence-electron chi connectivity index (χ1n) is 12.5. The zero-order valence-corrected chi connectivity index (χ0v) is 22.9. The molecule has 0 spiro atoms. The second kappa shape index (κ2) is 12.2. The second-order valence-corrected chi connectivity index (χ2v) is 11.0. The molecule has 0 aliphatic heterocycles. The summed E-state index contributed by atoms with van der Waals surface area (Å²) in [5.41, 5.74) is -5.56. The molecule has 0 N–H and O–H groups in total. The highest BCUT2D eigenvalue weighted by Gasteiger charge is 2.37. The van der Waals surface area contributed by atoms with Crippen LogP contribution in [0.15, 0.2) is 76.4 Å². The van der Waals surface area contributed by atoms with Gasteiger partial charge >= 0.3 is 12.4 Å². The van der Waals surface area contributed by atoms with Crippen LogP contribution < -0.4 is 5.56 Å². The van der Waals surface area contributed by atoms with Crippen molar-refractivity contribution in [1.29, 1.82) is 5.26 Å². The normalized spacial score (nSPS) is 12.7. The number of hydrogen-bond donors (Lipinski definition) is 0. The topological polar surface area (TPSA) is 68.8 Å². The average molecular weight is 625 g/mol. The lowest BCUT2D eigenvalue weighted by Gasteiger charge is -2.18. The summed E-state index contributed by atoms with van der Waals surface area (Å²) in [5.74, 6) is -1.87. The molecule has 0 fully saturated rings. The van der Waals surface area contributed by atoms with Gasteiger partial charge in [0.2, 0.25) is 0 Å². The van der Waals surface area contributed by atoms with E-state index in [1.54, 1.807) is 6.92 Å². The van der Waals surface area contributed by atoms with E-state index < -0.39 is 64.0 Å². The summed E-state index contributed by atoms with van der Waals surface area (Å²) >= 11 is -1.71. The quantitative estimate of drug-likeness (QED) is 0.155. The molecule has 4 rings (SSSR count). The van der Waals surface area contributed by atoms with Crippen LogP contribution in [0.5, 0.6) is 0 Å². The zero-order chi connectivity index (χ0) is 31.7. The van der Waals surface area contributed by atoms with Gasteiger partial charge in [0.05, 0.1) is 23.4 Å². The summed E-state index contributed by atoms with van der Waals surface area (Å²) in [7, 11) is 0. The Bertz CT molecular complexity index is 1760. The number of halogens is 8. The smallest absolute Gasteiger partial charge is 0.417 e. The van der Waals surface area contributed by atoms with Crippen LogP contribution in [0.1, 0.15) is 35.6 Å². The van der Waals surface area contributed by atoms with Crippen LogP contribution in [0.2, 0.25) is 0 Å². The molecule has 1 atom stereocenters. The molecule has 0 bridgehead atoms. The monoisotopic (exact) mass is 624 g/mol. The SMILES string of the molecule is CCC[S+]([O-])c1cc(-c2ccc(-c3cc(C(F)(F)F)c(C#N)c(=O)n3Cc3ccc(F)cc3F)cc2)cc(C(F)(F)F)c1. The minimum absolute atomic E-state index is 0.0138. The summed E-state index contributed by atoms with van der Waals surface area (Å²) in [4.78, 5) is 13.1. The zero-order valence-electron chi connectivity index (χ0n) is 22.1. The highest BCUT2D eigenvalue weighted by atomic mass is 32.2. The van der Waals surface area contributed by atoms with Crippen molar-refractivity contribution in [3.05, 3.63) is 111 Å². The maximum atomic E-state index is 14.4. The predicted octanol–water partition coefficient (Wildman–Crippen LogP) is 7.94. The van der Waals surface area contributed by atoms with Gasteiger partial charge in [-0.2, -0.15) is 31.6 Å². The molecule has 13 heteroatoms. The van der Waals surface area contributed by atoms with E-state index in [0.717, 1.165) is 28.8 Å².